The highest BCUT2D eigenvalue weighted by Gasteiger charge is 2.40. The Morgan fingerprint density at radius 1 is 0.584 bits per heavy atom. The average Bonchev–Trinajstić information content (AvgIpc) is 1.21. The van der Waals surface area contributed by atoms with Gasteiger partial charge in [-0.15, -0.1) is 0 Å². The van der Waals surface area contributed by atoms with E-state index >= 15 is 0 Å². The van der Waals surface area contributed by atoms with E-state index in [9.17, 15) is 44.1 Å². The molecule has 548 valence electrons. The number of rotatable bonds is 19. The molecule has 3 aromatic heterocycles. The number of phenolic OH excluding ortho intramolecular Hbond substituents is 1. The van der Waals surface area contributed by atoms with Gasteiger partial charge in [-0.05, 0) is 136 Å². The molecule has 4 atom stereocenters. The van der Waals surface area contributed by atoms with Crippen molar-refractivity contribution in [1.29, 1.82) is 0 Å². The van der Waals surface area contributed by atoms with Crippen molar-refractivity contribution in [2.24, 2.45) is 0 Å². The van der Waals surface area contributed by atoms with Gasteiger partial charge in [-0.25, -0.2) is 24.5 Å². The van der Waals surface area contributed by atoms with Crippen LogP contribution < -0.4 is 35.8 Å². The van der Waals surface area contributed by atoms with E-state index in [1.807, 2.05) is 25.1 Å². The molecular weight excluding hydrogens is 1300 g/mol. The van der Waals surface area contributed by atoms with Crippen molar-refractivity contribution >= 4 is 59.3 Å². The van der Waals surface area contributed by atoms with E-state index in [0.29, 0.717) is 112 Å². The molecule has 9 heterocycles. The second-order valence-electron chi connectivity index (χ2n) is 29.5. The number of hydrogen-bond donors (Lipinski definition) is 7. The molecule has 0 unspecified atom stereocenters. The van der Waals surface area contributed by atoms with E-state index in [-0.39, 0.29) is 73.8 Å². The second-order valence-corrected chi connectivity index (χ2v) is 29.5. The second kappa shape index (κ2) is 31.8. The minimum atomic E-state index is -1.13. The number of anilines is 4. The maximum Gasteiger partial charge on any atom is 0.410 e. The Morgan fingerprint density at radius 2 is 1.01 bits per heavy atom. The highest BCUT2D eigenvalue weighted by molar-refractivity contribution is 5.94. The van der Waals surface area contributed by atoms with E-state index in [2.05, 4.69) is 83.5 Å². The first-order valence-electron chi connectivity index (χ1n) is 35.0. The molecule has 4 saturated heterocycles. The lowest BCUT2D eigenvalue weighted by Crippen LogP contribution is -2.56. The minimum Gasteiger partial charge on any atom is -0.508 e. The van der Waals surface area contributed by atoms with Gasteiger partial charge in [-0.2, -0.15) is 9.97 Å². The number of aromatic nitrogens is 5. The predicted molar refractivity (Wildman–Crippen MR) is 377 cm³/mol. The van der Waals surface area contributed by atoms with Gasteiger partial charge in [0, 0.05) is 143 Å². The number of oxazole rings is 1. The molecule has 5 aromatic rings. The summed E-state index contributed by atoms with van der Waals surface area (Å²) in [5, 5.41) is 45.4. The maximum absolute atomic E-state index is 13.7. The fourth-order valence-electron chi connectivity index (χ4n) is 12.9. The first kappa shape index (κ1) is 74.6. The van der Waals surface area contributed by atoms with Crippen LogP contribution in [0.25, 0.3) is 0 Å². The fourth-order valence-corrected chi connectivity index (χ4v) is 12.9. The number of amides is 6. The summed E-state index contributed by atoms with van der Waals surface area (Å²) < 4.78 is 22.8. The van der Waals surface area contributed by atoms with Crippen molar-refractivity contribution in [2.75, 3.05) is 112 Å². The number of piperazine rings is 2. The molecule has 4 fully saturated rings. The highest BCUT2D eigenvalue weighted by atomic mass is 16.6. The molecule has 30 nitrogen and oxygen atoms in total. The lowest BCUT2D eigenvalue weighted by atomic mass is 9.91. The zero-order valence-corrected chi connectivity index (χ0v) is 60.5. The van der Waals surface area contributed by atoms with Crippen molar-refractivity contribution in [3.8, 4) is 11.5 Å². The number of nitrogens with one attached hydrogen (secondary N) is 4. The van der Waals surface area contributed by atoms with Crippen molar-refractivity contribution in [3.05, 3.63) is 100 Å². The van der Waals surface area contributed by atoms with Crippen LogP contribution in [-0.2, 0) is 51.6 Å². The topological polar surface area (TPSA) is 342 Å². The summed E-state index contributed by atoms with van der Waals surface area (Å²) in [5.74, 6) is 2.24. The quantitative estimate of drug-likeness (QED) is 0.0584. The summed E-state index contributed by atoms with van der Waals surface area (Å²) in [6, 6.07) is 13.3. The summed E-state index contributed by atoms with van der Waals surface area (Å²) in [5.41, 5.74) is 3.00. The number of likely N-dealkylation sites (tertiary alicyclic amines) is 2. The van der Waals surface area contributed by atoms with Gasteiger partial charge in [0.25, 0.3) is 11.8 Å². The average molecular weight is 1400 g/mol. The smallest absolute Gasteiger partial charge is 0.410 e. The number of carbonyl (C=O) groups is 6. The Hall–Kier alpha value is -9.13. The molecule has 0 radical (unpaired) electrons. The Kier molecular flexibility index (Phi) is 23.5. The number of aryl methyl sites for hydroxylation is 1. The van der Waals surface area contributed by atoms with Crippen LogP contribution in [0.5, 0.6) is 11.5 Å². The molecule has 0 spiro atoms. The molecule has 6 aliphatic rings. The number of benzene rings is 2. The SMILES string of the molecule is CC(=O)N1CC(Nc2cc(C(=O)NC[C@@H](O)[C@@H]3Cc4ccc(O)cc4CN3C(=O)OC(C)(C)C)nc(N3CCN(C(C)C)CC3)n2)C1.CC(=O)N1CC(Nc2cc(C(=O)NC[C@@H](O)[C@@H]3Cc4ccc(OCc5ocnc5C)cc4CN3C(=O)OC(C)(C)C)nc(N3CCN(C(C)C)CC3)n2)C1. The molecule has 0 saturated carbocycles. The zero-order valence-electron chi connectivity index (χ0n) is 60.5. The van der Waals surface area contributed by atoms with Gasteiger partial charge in [0.1, 0.15) is 52.3 Å². The van der Waals surface area contributed by atoms with Crippen LogP contribution in [-0.4, -0.2) is 257 Å². The van der Waals surface area contributed by atoms with Crippen LogP contribution in [0.1, 0.15) is 138 Å². The lowest BCUT2D eigenvalue weighted by Gasteiger charge is -2.40. The third kappa shape index (κ3) is 19.5. The van der Waals surface area contributed by atoms with Gasteiger partial charge >= 0.3 is 12.2 Å². The van der Waals surface area contributed by atoms with Crippen LogP contribution in [0.3, 0.4) is 0 Å². The summed E-state index contributed by atoms with van der Waals surface area (Å²) in [6.07, 6.45) is -1.38. The normalized spacial score (nSPS) is 19.0. The van der Waals surface area contributed by atoms with Gasteiger partial charge in [-0.3, -0.25) is 38.8 Å². The summed E-state index contributed by atoms with van der Waals surface area (Å²) >= 11 is 0. The van der Waals surface area contributed by atoms with Gasteiger partial charge in [-0.1, -0.05) is 12.1 Å². The number of aromatic hydroxyl groups is 1. The van der Waals surface area contributed by atoms with E-state index in [0.717, 1.165) is 54.1 Å². The Balaban J connectivity index is 0.000000220. The van der Waals surface area contributed by atoms with Crippen LogP contribution in [0.15, 0.2) is 59.3 Å². The summed E-state index contributed by atoms with van der Waals surface area (Å²) in [6.45, 7) is 33.0. The van der Waals surface area contributed by atoms with Gasteiger partial charge in [0.2, 0.25) is 23.7 Å². The largest absolute Gasteiger partial charge is 0.508 e. The van der Waals surface area contributed by atoms with Crippen LogP contribution in [0.2, 0.25) is 0 Å². The van der Waals surface area contributed by atoms with Crippen molar-refractivity contribution in [2.45, 2.75) is 182 Å². The number of hydrogen-bond acceptors (Lipinski definition) is 24. The molecule has 6 aliphatic heterocycles. The molecule has 7 N–H and O–H groups in total. The van der Waals surface area contributed by atoms with Crippen molar-refractivity contribution < 1.29 is 62.7 Å². The molecule has 6 amide bonds. The number of carbonyl (C=O) groups excluding carboxylic acids is 6. The Morgan fingerprint density at radius 3 is 1.41 bits per heavy atom. The minimum absolute atomic E-state index is 0.000310. The van der Waals surface area contributed by atoms with E-state index in [4.69, 9.17) is 28.6 Å². The zero-order chi connectivity index (χ0) is 72.8. The summed E-state index contributed by atoms with van der Waals surface area (Å²) in [4.78, 5) is 116. The number of nitrogens with zero attached hydrogens (tertiary/aromatic N) is 13. The van der Waals surface area contributed by atoms with Gasteiger partial charge in [0.15, 0.2) is 12.2 Å². The number of ether oxygens (including phenoxy) is 3. The number of aliphatic hydroxyl groups excluding tert-OH is 2. The first-order valence-corrected chi connectivity index (χ1v) is 35.0. The van der Waals surface area contributed by atoms with Crippen LogP contribution in [0, 0.1) is 6.92 Å². The lowest BCUT2D eigenvalue weighted by molar-refractivity contribution is -0.133. The van der Waals surface area contributed by atoms with Crippen LogP contribution in [0.4, 0.5) is 33.1 Å². The van der Waals surface area contributed by atoms with E-state index < -0.39 is 59.5 Å². The molecule has 2 aromatic carbocycles. The Labute approximate surface area is 590 Å². The third-order valence-electron chi connectivity index (χ3n) is 18.9. The van der Waals surface area contributed by atoms with Gasteiger partial charge in [0.05, 0.1) is 42.1 Å². The first-order chi connectivity index (χ1) is 47.8. The molecule has 0 bridgehead atoms. The molecular formula is C71H101N17O13. The van der Waals surface area contributed by atoms with E-state index in [1.165, 1.54) is 23.1 Å². The molecule has 0 aliphatic carbocycles. The number of fused-ring (bicyclic) bond motifs is 2. The Bertz CT molecular complexity index is 3760. The monoisotopic (exact) mass is 1400 g/mol. The fraction of sp³-hybridized carbons (Fsp3) is 0.592. The third-order valence-corrected chi connectivity index (χ3v) is 18.9. The highest BCUT2D eigenvalue weighted by Crippen LogP contribution is 2.33. The standard InChI is InChI=1S/C38H53N9O7.C33H48N8O6/c1-23(2)44-10-12-45(13-11-44)36-42-30(16-34(43-36)41-28-19-46(20-28)25(4)48)35(50)39-17-32(49)31-15-26-8-9-29(52-21-33-24(3)40-22-53-33)14-27(26)18-47(31)37(51)54-38(5,6)7;1-20(2)38-9-11-39(12-10-38)31-36-26(15-29(37-31)35-24-18-40(19-24)21(3)42)30(45)34-16-28(44)27-14-22-7-8-25(43)13-23(22)17-41(27)32(46)47-33(4,5)6/h8-9,14,16,22-23,28,31-32,49H,10-13,15,17-21H2,1-7H3,(H,39,50)(H,41,42,43);7-8,13,15,20,24,27-28,43-44H,9-12,14,16-19H2,1-6H3,(H,34,45)(H,35,36,37)/t31-,32+;27-,28+/m00/s1. The van der Waals surface area contributed by atoms with E-state index in [1.54, 1.807) is 88.6 Å². The summed E-state index contributed by atoms with van der Waals surface area (Å²) in [7, 11) is 0. The predicted octanol–water partition coefficient (Wildman–Crippen LogP) is 4.79. The molecule has 11 rings (SSSR count). The molecule has 101 heavy (non-hydrogen) atoms. The van der Waals surface area contributed by atoms with Crippen LogP contribution >= 0.6 is 0 Å². The number of phenols is 1. The number of aliphatic hydroxyl groups is 2. The maximum atomic E-state index is 13.7. The van der Waals surface area contributed by atoms with Crippen molar-refractivity contribution in [1.82, 2.24) is 65.0 Å². The van der Waals surface area contributed by atoms with Gasteiger partial charge < -0.3 is 74.8 Å². The van der Waals surface area contributed by atoms with Crippen molar-refractivity contribution in [3.63, 3.8) is 0 Å². The molecule has 30 heteroatoms.